The normalized spacial score (nSPS) is 11.3. The predicted octanol–water partition coefficient (Wildman–Crippen LogP) is 2.48. The van der Waals surface area contributed by atoms with Gasteiger partial charge in [0, 0.05) is 5.56 Å². The van der Waals surface area contributed by atoms with E-state index in [1.165, 1.54) is 16.7 Å². The SMILES string of the molecule is NCC(=O)c1ccc2c(c1)-c1ccccc1-2. The van der Waals surface area contributed by atoms with Gasteiger partial charge in [-0.1, -0.05) is 36.4 Å². The predicted molar refractivity (Wildman–Crippen MR) is 64.3 cm³/mol. The number of rotatable bonds is 2. The smallest absolute Gasteiger partial charge is 0.176 e. The molecule has 2 N–H and O–H groups in total. The highest BCUT2D eigenvalue weighted by molar-refractivity contribution is 6.06. The first kappa shape index (κ1) is 9.31. The Kier molecular flexibility index (Phi) is 1.91. The van der Waals surface area contributed by atoms with Gasteiger partial charge in [-0.2, -0.15) is 0 Å². The van der Waals surface area contributed by atoms with Crippen LogP contribution in [0.2, 0.25) is 0 Å². The summed E-state index contributed by atoms with van der Waals surface area (Å²) in [5.41, 5.74) is 10.9. The van der Waals surface area contributed by atoms with Crippen LogP contribution >= 0.6 is 0 Å². The summed E-state index contributed by atoms with van der Waals surface area (Å²) >= 11 is 0. The van der Waals surface area contributed by atoms with Crippen LogP contribution in [0.5, 0.6) is 0 Å². The van der Waals surface area contributed by atoms with Crippen molar-refractivity contribution in [1.82, 2.24) is 0 Å². The van der Waals surface area contributed by atoms with E-state index < -0.39 is 0 Å². The van der Waals surface area contributed by atoms with Crippen molar-refractivity contribution in [2.24, 2.45) is 5.73 Å². The third-order valence-corrected chi connectivity index (χ3v) is 3.03. The van der Waals surface area contributed by atoms with Gasteiger partial charge in [0.05, 0.1) is 6.54 Å². The number of hydrogen-bond donors (Lipinski definition) is 1. The molecule has 1 aliphatic carbocycles. The maximum Gasteiger partial charge on any atom is 0.176 e. The van der Waals surface area contributed by atoms with Crippen molar-refractivity contribution in [1.29, 1.82) is 0 Å². The summed E-state index contributed by atoms with van der Waals surface area (Å²) in [6.07, 6.45) is 0. The second-order valence-corrected chi connectivity index (χ2v) is 3.93. The summed E-state index contributed by atoms with van der Waals surface area (Å²) in [7, 11) is 0. The van der Waals surface area contributed by atoms with Crippen LogP contribution in [0, 0.1) is 0 Å². The molecule has 16 heavy (non-hydrogen) atoms. The van der Waals surface area contributed by atoms with Crippen LogP contribution < -0.4 is 5.73 Å². The zero-order valence-corrected chi connectivity index (χ0v) is 8.73. The molecule has 0 saturated heterocycles. The Morgan fingerprint density at radius 2 is 1.56 bits per heavy atom. The second-order valence-electron chi connectivity index (χ2n) is 3.93. The molecule has 0 amide bonds. The Balaban J connectivity index is 2.10. The van der Waals surface area contributed by atoms with Crippen molar-refractivity contribution in [3.8, 4) is 22.3 Å². The van der Waals surface area contributed by atoms with Gasteiger partial charge >= 0.3 is 0 Å². The van der Waals surface area contributed by atoms with E-state index in [1.54, 1.807) is 0 Å². The molecule has 0 radical (unpaired) electrons. The number of Topliss-reactive ketones (excluding diaryl/α,β-unsaturated/α-hetero) is 1. The van der Waals surface area contributed by atoms with Crippen molar-refractivity contribution in [3.63, 3.8) is 0 Å². The minimum atomic E-state index is -0.00724. The van der Waals surface area contributed by atoms with E-state index in [1.807, 2.05) is 30.3 Å². The minimum Gasteiger partial charge on any atom is -0.324 e. The third-order valence-electron chi connectivity index (χ3n) is 3.03. The number of carbonyl (C=O) groups is 1. The highest BCUT2D eigenvalue weighted by Gasteiger charge is 2.22. The molecule has 0 spiro atoms. The fourth-order valence-corrected chi connectivity index (χ4v) is 2.18. The first-order valence-electron chi connectivity index (χ1n) is 5.28. The van der Waals surface area contributed by atoms with Gasteiger partial charge in [0.2, 0.25) is 0 Å². The first-order valence-corrected chi connectivity index (χ1v) is 5.28. The molecular formula is C14H11NO. The standard InChI is InChI=1S/C14H11NO/c15-8-14(16)9-5-6-12-10-3-1-2-4-11(10)13(12)7-9/h1-7H,8,15H2. The topological polar surface area (TPSA) is 43.1 Å². The fourth-order valence-electron chi connectivity index (χ4n) is 2.18. The maximum absolute atomic E-state index is 11.5. The molecule has 0 heterocycles. The second kappa shape index (κ2) is 3.29. The van der Waals surface area contributed by atoms with Crippen LogP contribution in [0.25, 0.3) is 22.3 Å². The van der Waals surface area contributed by atoms with Crippen LogP contribution in [0.1, 0.15) is 10.4 Å². The first-order chi connectivity index (χ1) is 7.81. The average Bonchev–Trinajstić information content (AvgIpc) is 2.34. The fraction of sp³-hybridized carbons (Fsp3) is 0.0714. The summed E-state index contributed by atoms with van der Waals surface area (Å²) in [5, 5.41) is 0. The number of hydrogen-bond acceptors (Lipinski definition) is 2. The third kappa shape index (κ3) is 1.14. The number of benzene rings is 2. The Bertz CT molecular complexity index is 587. The number of carbonyl (C=O) groups excluding carboxylic acids is 1. The molecule has 0 bridgehead atoms. The molecule has 2 nitrogen and oxygen atoms in total. The van der Waals surface area contributed by atoms with Crippen molar-refractivity contribution in [2.75, 3.05) is 6.54 Å². The van der Waals surface area contributed by atoms with Gasteiger partial charge in [-0.15, -0.1) is 0 Å². The van der Waals surface area contributed by atoms with Crippen molar-refractivity contribution in [2.45, 2.75) is 0 Å². The molecule has 2 aromatic carbocycles. The van der Waals surface area contributed by atoms with Gasteiger partial charge < -0.3 is 5.73 Å². The molecule has 0 saturated carbocycles. The minimum absolute atomic E-state index is 0.00724. The molecule has 0 aromatic heterocycles. The highest BCUT2D eigenvalue weighted by atomic mass is 16.1. The molecular weight excluding hydrogens is 198 g/mol. The van der Waals surface area contributed by atoms with Gasteiger partial charge in [0.1, 0.15) is 0 Å². The van der Waals surface area contributed by atoms with Crippen molar-refractivity contribution < 1.29 is 4.79 Å². The van der Waals surface area contributed by atoms with Crippen LogP contribution in [0.4, 0.5) is 0 Å². The van der Waals surface area contributed by atoms with Crippen LogP contribution in [0.15, 0.2) is 42.5 Å². The monoisotopic (exact) mass is 209 g/mol. The van der Waals surface area contributed by atoms with E-state index in [-0.39, 0.29) is 12.3 Å². The van der Waals surface area contributed by atoms with E-state index in [9.17, 15) is 4.79 Å². The van der Waals surface area contributed by atoms with Gasteiger partial charge in [0.15, 0.2) is 5.78 Å². The van der Waals surface area contributed by atoms with Crippen LogP contribution in [-0.4, -0.2) is 12.3 Å². The highest BCUT2D eigenvalue weighted by Crippen LogP contribution is 2.46. The summed E-state index contributed by atoms with van der Waals surface area (Å²) in [4.78, 5) is 11.5. The molecule has 3 rings (SSSR count). The van der Waals surface area contributed by atoms with E-state index >= 15 is 0 Å². The number of ketones is 1. The lowest BCUT2D eigenvalue weighted by molar-refractivity contribution is 0.100. The average molecular weight is 209 g/mol. The Labute approximate surface area is 93.7 Å². The van der Waals surface area contributed by atoms with E-state index in [2.05, 4.69) is 12.1 Å². The van der Waals surface area contributed by atoms with Gasteiger partial charge in [0.25, 0.3) is 0 Å². The van der Waals surface area contributed by atoms with Crippen molar-refractivity contribution >= 4 is 5.78 Å². The summed E-state index contributed by atoms with van der Waals surface area (Å²) in [6.45, 7) is 0.0699. The quantitative estimate of drug-likeness (QED) is 0.659. The van der Waals surface area contributed by atoms with Crippen LogP contribution in [0.3, 0.4) is 0 Å². The molecule has 1 aliphatic rings. The Morgan fingerprint density at radius 1 is 0.938 bits per heavy atom. The summed E-state index contributed by atoms with van der Waals surface area (Å²) in [5.74, 6) is -0.00724. The van der Waals surface area contributed by atoms with E-state index in [0.717, 1.165) is 5.56 Å². The number of nitrogens with two attached hydrogens (primary N) is 1. The molecule has 2 aromatic rings. The molecule has 2 heteroatoms. The number of fused-ring (bicyclic) bond motifs is 4. The van der Waals surface area contributed by atoms with Gasteiger partial charge in [-0.3, -0.25) is 4.79 Å². The van der Waals surface area contributed by atoms with E-state index in [4.69, 9.17) is 5.73 Å². The molecule has 0 fully saturated rings. The van der Waals surface area contributed by atoms with Gasteiger partial charge in [-0.25, -0.2) is 0 Å². The van der Waals surface area contributed by atoms with Crippen molar-refractivity contribution in [3.05, 3.63) is 48.0 Å². The van der Waals surface area contributed by atoms with Gasteiger partial charge in [-0.05, 0) is 28.3 Å². The van der Waals surface area contributed by atoms with Crippen LogP contribution in [-0.2, 0) is 0 Å². The lowest BCUT2D eigenvalue weighted by Gasteiger charge is -2.24. The molecule has 0 aliphatic heterocycles. The summed E-state index contributed by atoms with van der Waals surface area (Å²) < 4.78 is 0. The Morgan fingerprint density at radius 3 is 2.25 bits per heavy atom. The zero-order chi connectivity index (χ0) is 11.1. The zero-order valence-electron chi connectivity index (χ0n) is 8.73. The van der Waals surface area contributed by atoms with E-state index in [0.29, 0.717) is 5.56 Å². The molecule has 0 atom stereocenters. The molecule has 0 unspecified atom stereocenters. The lowest BCUT2D eigenvalue weighted by atomic mass is 9.79. The largest absolute Gasteiger partial charge is 0.324 e. The Hall–Kier alpha value is -1.93. The lowest BCUT2D eigenvalue weighted by Crippen LogP contribution is -2.14. The maximum atomic E-state index is 11.5. The molecule has 78 valence electrons. The summed E-state index contributed by atoms with van der Waals surface area (Å²) in [6, 6.07) is 14.0.